The normalized spacial score (nSPS) is 10.2. The molecule has 0 heterocycles. The van der Waals surface area contributed by atoms with Gasteiger partial charge in [-0.15, -0.1) is 0 Å². The molecule has 2 rings (SSSR count). The number of carbonyl (C=O) groups excluding carboxylic acids is 1. The van der Waals surface area contributed by atoms with Gasteiger partial charge < -0.3 is 16.8 Å². The minimum Gasteiger partial charge on any atom is -0.399 e. The van der Waals surface area contributed by atoms with Gasteiger partial charge in [-0.1, -0.05) is 23.7 Å². The van der Waals surface area contributed by atoms with Gasteiger partial charge >= 0.3 is 0 Å². The molecule has 0 aliphatic rings. The summed E-state index contributed by atoms with van der Waals surface area (Å²) in [5, 5.41) is 3.42. The van der Waals surface area contributed by atoms with E-state index in [4.69, 9.17) is 23.1 Å². The minimum absolute atomic E-state index is 0.238. The Hall–Kier alpha value is -2.20. The van der Waals surface area contributed by atoms with Crippen LogP contribution < -0.4 is 16.8 Å². The third-order valence-electron chi connectivity index (χ3n) is 2.66. The number of hydrogen-bond donors (Lipinski definition) is 3. The van der Waals surface area contributed by atoms with Gasteiger partial charge in [0.05, 0.1) is 5.56 Å². The number of amides is 1. The fourth-order valence-corrected chi connectivity index (χ4v) is 1.93. The number of benzene rings is 2. The summed E-state index contributed by atoms with van der Waals surface area (Å²) in [4.78, 5) is 12.0. The second-order valence-corrected chi connectivity index (χ2v) is 4.60. The lowest BCUT2D eigenvalue weighted by atomic mass is 10.1. The molecule has 0 spiro atoms. The number of nitrogens with two attached hydrogens (primary N) is 2. The summed E-state index contributed by atoms with van der Waals surface area (Å²) in [7, 11) is 0. The molecule has 0 aliphatic heterocycles. The first kappa shape index (κ1) is 13.2. The van der Waals surface area contributed by atoms with Gasteiger partial charge in [-0.25, -0.2) is 0 Å². The maximum absolute atomic E-state index is 12.0. The zero-order chi connectivity index (χ0) is 13.8. The lowest BCUT2D eigenvalue weighted by Crippen LogP contribution is -2.23. The van der Waals surface area contributed by atoms with Crippen molar-refractivity contribution in [2.24, 2.45) is 0 Å². The van der Waals surface area contributed by atoms with Crippen molar-refractivity contribution in [1.29, 1.82) is 0 Å². The van der Waals surface area contributed by atoms with E-state index in [1.807, 2.05) is 12.1 Å². The van der Waals surface area contributed by atoms with E-state index in [0.29, 0.717) is 28.5 Å². The largest absolute Gasteiger partial charge is 0.399 e. The number of anilines is 2. The Morgan fingerprint density at radius 1 is 1.16 bits per heavy atom. The summed E-state index contributed by atoms with van der Waals surface area (Å²) in [5.74, 6) is -0.238. The van der Waals surface area contributed by atoms with Gasteiger partial charge in [0.2, 0.25) is 0 Å². The minimum atomic E-state index is -0.238. The molecule has 5 heteroatoms. The van der Waals surface area contributed by atoms with Crippen LogP contribution >= 0.6 is 11.6 Å². The molecule has 0 saturated heterocycles. The Labute approximate surface area is 116 Å². The number of carbonyl (C=O) groups is 1. The molecule has 0 radical (unpaired) electrons. The van der Waals surface area contributed by atoms with Crippen molar-refractivity contribution in [3.63, 3.8) is 0 Å². The van der Waals surface area contributed by atoms with E-state index < -0.39 is 0 Å². The molecule has 0 fully saturated rings. The molecule has 2 aromatic carbocycles. The maximum atomic E-state index is 12.0. The molecule has 5 N–H and O–H groups in total. The molecule has 0 aromatic heterocycles. The molecule has 0 saturated carbocycles. The molecule has 19 heavy (non-hydrogen) atoms. The first-order chi connectivity index (χ1) is 9.06. The average Bonchev–Trinajstić information content (AvgIpc) is 2.36. The monoisotopic (exact) mass is 275 g/mol. The molecular formula is C14H14ClN3O. The Kier molecular flexibility index (Phi) is 3.92. The van der Waals surface area contributed by atoms with Crippen LogP contribution in [0.25, 0.3) is 0 Å². The number of nitrogen functional groups attached to an aromatic ring is 2. The van der Waals surface area contributed by atoms with E-state index in [-0.39, 0.29) is 5.91 Å². The molecule has 0 aliphatic carbocycles. The summed E-state index contributed by atoms with van der Waals surface area (Å²) in [6, 6.07) is 12.1. The summed E-state index contributed by atoms with van der Waals surface area (Å²) < 4.78 is 0. The lowest BCUT2D eigenvalue weighted by Gasteiger charge is -2.08. The van der Waals surface area contributed by atoms with Crippen molar-refractivity contribution in [3.8, 4) is 0 Å². The summed E-state index contributed by atoms with van der Waals surface area (Å²) in [5.41, 5.74) is 13.6. The van der Waals surface area contributed by atoms with Gasteiger partial charge in [0.15, 0.2) is 0 Å². The molecule has 1 amide bonds. The summed E-state index contributed by atoms with van der Waals surface area (Å²) >= 11 is 5.87. The SMILES string of the molecule is Nc1ccc(C(=O)NCc2cccc(Cl)c2)c(N)c1. The highest BCUT2D eigenvalue weighted by Gasteiger charge is 2.09. The third-order valence-corrected chi connectivity index (χ3v) is 2.90. The van der Waals surface area contributed by atoms with Crippen molar-refractivity contribution in [1.82, 2.24) is 5.32 Å². The van der Waals surface area contributed by atoms with E-state index in [1.165, 1.54) is 0 Å². The molecular weight excluding hydrogens is 262 g/mol. The van der Waals surface area contributed by atoms with Gasteiger partial charge in [-0.05, 0) is 35.9 Å². The topological polar surface area (TPSA) is 81.1 Å². The van der Waals surface area contributed by atoms with E-state index in [0.717, 1.165) is 5.56 Å². The van der Waals surface area contributed by atoms with Gasteiger partial charge in [-0.3, -0.25) is 4.79 Å². The fraction of sp³-hybridized carbons (Fsp3) is 0.0714. The van der Waals surface area contributed by atoms with E-state index in [1.54, 1.807) is 30.3 Å². The predicted molar refractivity (Wildman–Crippen MR) is 77.9 cm³/mol. The van der Waals surface area contributed by atoms with Crippen LogP contribution in [0.3, 0.4) is 0 Å². The van der Waals surface area contributed by atoms with E-state index >= 15 is 0 Å². The second kappa shape index (κ2) is 5.63. The van der Waals surface area contributed by atoms with Gasteiger partial charge in [0.25, 0.3) is 5.91 Å². The Morgan fingerprint density at radius 3 is 2.63 bits per heavy atom. The smallest absolute Gasteiger partial charge is 0.253 e. The second-order valence-electron chi connectivity index (χ2n) is 4.16. The highest BCUT2D eigenvalue weighted by molar-refractivity contribution is 6.30. The molecule has 2 aromatic rings. The first-order valence-corrected chi connectivity index (χ1v) is 6.11. The van der Waals surface area contributed by atoms with Crippen molar-refractivity contribution in [3.05, 3.63) is 58.6 Å². The number of nitrogens with one attached hydrogen (secondary N) is 1. The third kappa shape index (κ3) is 3.39. The number of rotatable bonds is 3. The van der Waals surface area contributed by atoms with Crippen molar-refractivity contribution in [2.45, 2.75) is 6.54 Å². The average molecular weight is 276 g/mol. The van der Waals surface area contributed by atoms with E-state index in [9.17, 15) is 4.79 Å². The van der Waals surface area contributed by atoms with Crippen molar-refractivity contribution in [2.75, 3.05) is 11.5 Å². The summed E-state index contributed by atoms with van der Waals surface area (Å²) in [6.07, 6.45) is 0. The Bertz CT molecular complexity index is 613. The number of halogens is 1. The molecule has 98 valence electrons. The van der Waals surface area contributed by atoms with Crippen molar-refractivity contribution < 1.29 is 4.79 Å². The highest BCUT2D eigenvalue weighted by Crippen LogP contribution is 2.16. The van der Waals surface area contributed by atoms with Crippen LogP contribution in [0.15, 0.2) is 42.5 Å². The van der Waals surface area contributed by atoms with Gasteiger partial charge in [0.1, 0.15) is 0 Å². The van der Waals surface area contributed by atoms with Gasteiger partial charge in [0, 0.05) is 22.9 Å². The molecule has 4 nitrogen and oxygen atoms in total. The van der Waals surface area contributed by atoms with E-state index in [2.05, 4.69) is 5.32 Å². The fourth-order valence-electron chi connectivity index (χ4n) is 1.71. The molecule has 0 bridgehead atoms. The van der Waals surface area contributed by atoms with Crippen molar-refractivity contribution >= 4 is 28.9 Å². The lowest BCUT2D eigenvalue weighted by molar-refractivity contribution is 0.0952. The molecule has 0 unspecified atom stereocenters. The Balaban J connectivity index is 2.05. The zero-order valence-corrected chi connectivity index (χ0v) is 10.9. The van der Waals surface area contributed by atoms with Crippen LogP contribution in [0.1, 0.15) is 15.9 Å². The van der Waals surface area contributed by atoms with Crippen LogP contribution in [-0.4, -0.2) is 5.91 Å². The van der Waals surface area contributed by atoms with Crippen LogP contribution in [0.5, 0.6) is 0 Å². The van der Waals surface area contributed by atoms with Crippen LogP contribution in [0.2, 0.25) is 5.02 Å². The molecule has 0 atom stereocenters. The number of hydrogen-bond acceptors (Lipinski definition) is 3. The van der Waals surface area contributed by atoms with Crippen LogP contribution in [-0.2, 0) is 6.54 Å². The first-order valence-electron chi connectivity index (χ1n) is 5.74. The Morgan fingerprint density at radius 2 is 1.95 bits per heavy atom. The highest BCUT2D eigenvalue weighted by atomic mass is 35.5. The van der Waals surface area contributed by atoms with Crippen LogP contribution in [0, 0.1) is 0 Å². The van der Waals surface area contributed by atoms with Gasteiger partial charge in [-0.2, -0.15) is 0 Å². The standard InChI is InChI=1S/C14H14ClN3O/c15-10-3-1-2-9(6-10)8-18-14(19)12-5-4-11(16)7-13(12)17/h1-7H,8,16-17H2,(H,18,19). The zero-order valence-electron chi connectivity index (χ0n) is 10.2. The maximum Gasteiger partial charge on any atom is 0.253 e. The summed E-state index contributed by atoms with van der Waals surface area (Å²) in [6.45, 7) is 0.392. The van der Waals surface area contributed by atoms with Crippen LogP contribution in [0.4, 0.5) is 11.4 Å². The quantitative estimate of drug-likeness (QED) is 0.753. The predicted octanol–water partition coefficient (Wildman–Crippen LogP) is 2.43.